The highest BCUT2D eigenvalue weighted by Crippen LogP contribution is 2.27. The minimum Gasteiger partial charge on any atom is -0.369 e. The molecule has 1 aromatic heterocycles. The van der Waals surface area contributed by atoms with E-state index < -0.39 is 0 Å². The van der Waals surface area contributed by atoms with Crippen LogP contribution in [0, 0.1) is 0 Å². The van der Waals surface area contributed by atoms with Gasteiger partial charge in [-0.1, -0.05) is 13.8 Å². The Labute approximate surface area is 116 Å². The first kappa shape index (κ1) is 14.3. The summed E-state index contributed by atoms with van der Waals surface area (Å²) in [6.45, 7) is 8.63. The molecular formula is C15H26N4. The fourth-order valence-electron chi connectivity index (χ4n) is 2.82. The Bertz CT molecular complexity index is 376. The van der Waals surface area contributed by atoms with Crippen LogP contribution in [0.1, 0.15) is 52.1 Å². The Hall–Kier alpha value is -1.16. The van der Waals surface area contributed by atoms with E-state index in [9.17, 15) is 0 Å². The van der Waals surface area contributed by atoms with Crippen molar-refractivity contribution < 1.29 is 0 Å². The lowest BCUT2D eigenvalue weighted by Crippen LogP contribution is -2.33. The molecule has 0 bridgehead atoms. The molecule has 0 amide bonds. The van der Waals surface area contributed by atoms with E-state index in [2.05, 4.69) is 41.0 Å². The number of anilines is 1. The second kappa shape index (κ2) is 6.85. The highest BCUT2D eigenvalue weighted by atomic mass is 15.2. The number of nitrogens with one attached hydrogen (secondary N) is 1. The highest BCUT2D eigenvalue weighted by Gasteiger charge is 2.29. The number of hydrogen-bond donors (Lipinski definition) is 1. The summed E-state index contributed by atoms with van der Waals surface area (Å²) in [4.78, 5) is 11.5. The summed E-state index contributed by atoms with van der Waals surface area (Å²) in [6.07, 6.45) is 8.73. The third-order valence-corrected chi connectivity index (χ3v) is 4.03. The zero-order valence-corrected chi connectivity index (χ0v) is 12.4. The van der Waals surface area contributed by atoms with Crippen molar-refractivity contribution in [2.45, 2.75) is 65.1 Å². The second-order valence-corrected chi connectivity index (χ2v) is 5.48. The van der Waals surface area contributed by atoms with Crippen LogP contribution in [0.2, 0.25) is 0 Å². The lowest BCUT2D eigenvalue weighted by Gasteiger charge is -2.27. The molecule has 0 radical (unpaired) electrons. The van der Waals surface area contributed by atoms with Crippen molar-refractivity contribution in [3.8, 4) is 0 Å². The maximum absolute atomic E-state index is 4.53. The topological polar surface area (TPSA) is 41.1 Å². The molecule has 2 unspecified atom stereocenters. The van der Waals surface area contributed by atoms with E-state index in [0.29, 0.717) is 6.04 Å². The molecule has 1 aliphatic heterocycles. The smallest absolute Gasteiger partial charge is 0.144 e. The molecule has 4 nitrogen and oxygen atoms in total. The zero-order valence-electron chi connectivity index (χ0n) is 12.4. The van der Waals surface area contributed by atoms with Gasteiger partial charge in [0.2, 0.25) is 0 Å². The third kappa shape index (κ3) is 3.66. The molecule has 0 spiro atoms. The van der Waals surface area contributed by atoms with Crippen LogP contribution in [-0.2, 0) is 6.54 Å². The van der Waals surface area contributed by atoms with Gasteiger partial charge in [-0.05, 0) is 32.6 Å². The van der Waals surface area contributed by atoms with Crippen LogP contribution in [0.25, 0.3) is 0 Å². The van der Waals surface area contributed by atoms with Gasteiger partial charge in [-0.2, -0.15) is 0 Å². The van der Waals surface area contributed by atoms with Gasteiger partial charge in [-0.3, -0.25) is 9.88 Å². The van der Waals surface area contributed by atoms with E-state index in [1.54, 1.807) is 0 Å². The van der Waals surface area contributed by atoms with Gasteiger partial charge in [-0.25, -0.2) is 4.98 Å². The highest BCUT2D eigenvalue weighted by molar-refractivity contribution is 5.30. The fourth-order valence-corrected chi connectivity index (χ4v) is 2.82. The Morgan fingerprint density at radius 1 is 1.26 bits per heavy atom. The maximum Gasteiger partial charge on any atom is 0.144 e. The summed E-state index contributed by atoms with van der Waals surface area (Å²) in [5.41, 5.74) is 1.08. The number of nitrogens with zero attached hydrogens (tertiary/aromatic N) is 3. The van der Waals surface area contributed by atoms with E-state index in [4.69, 9.17) is 0 Å². The SMILES string of the molecule is CCCNc1cnc(CN2C(C)CCC2CC)cn1. The van der Waals surface area contributed by atoms with Crippen molar-refractivity contribution in [2.75, 3.05) is 11.9 Å². The molecule has 0 aromatic carbocycles. The lowest BCUT2D eigenvalue weighted by molar-refractivity contribution is 0.187. The average Bonchev–Trinajstić information content (AvgIpc) is 2.79. The first-order chi connectivity index (χ1) is 9.24. The second-order valence-electron chi connectivity index (χ2n) is 5.48. The molecule has 2 atom stereocenters. The average molecular weight is 262 g/mol. The molecule has 1 fully saturated rings. The normalized spacial score (nSPS) is 23.7. The first-order valence-corrected chi connectivity index (χ1v) is 7.55. The van der Waals surface area contributed by atoms with Crippen LogP contribution < -0.4 is 5.32 Å². The maximum atomic E-state index is 4.53. The van der Waals surface area contributed by atoms with Gasteiger partial charge in [-0.15, -0.1) is 0 Å². The zero-order chi connectivity index (χ0) is 13.7. The summed E-state index contributed by atoms with van der Waals surface area (Å²) in [5, 5.41) is 3.26. The van der Waals surface area contributed by atoms with Crippen LogP contribution in [0.3, 0.4) is 0 Å². The monoisotopic (exact) mass is 262 g/mol. The lowest BCUT2D eigenvalue weighted by atomic mass is 10.1. The van der Waals surface area contributed by atoms with Gasteiger partial charge >= 0.3 is 0 Å². The molecule has 1 saturated heterocycles. The minimum absolute atomic E-state index is 0.671. The summed E-state index contributed by atoms with van der Waals surface area (Å²) < 4.78 is 0. The molecule has 1 aromatic rings. The van der Waals surface area contributed by atoms with E-state index in [0.717, 1.165) is 37.1 Å². The van der Waals surface area contributed by atoms with Gasteiger partial charge in [0.1, 0.15) is 5.82 Å². The van der Waals surface area contributed by atoms with E-state index in [1.165, 1.54) is 19.3 Å². The van der Waals surface area contributed by atoms with Crippen molar-refractivity contribution in [2.24, 2.45) is 0 Å². The Kier molecular flexibility index (Phi) is 5.14. The van der Waals surface area contributed by atoms with Crippen LogP contribution in [0.4, 0.5) is 5.82 Å². The predicted molar refractivity (Wildman–Crippen MR) is 79.1 cm³/mol. The van der Waals surface area contributed by atoms with Gasteiger partial charge in [0.15, 0.2) is 0 Å². The molecule has 0 aliphatic carbocycles. The predicted octanol–water partition coefficient (Wildman–Crippen LogP) is 3.06. The van der Waals surface area contributed by atoms with Crippen molar-refractivity contribution in [3.63, 3.8) is 0 Å². The molecule has 0 saturated carbocycles. The summed E-state index contributed by atoms with van der Waals surface area (Å²) in [7, 11) is 0. The molecular weight excluding hydrogens is 236 g/mol. The third-order valence-electron chi connectivity index (χ3n) is 4.03. The molecule has 1 N–H and O–H groups in total. The number of aromatic nitrogens is 2. The Balaban J connectivity index is 1.95. The van der Waals surface area contributed by atoms with Crippen LogP contribution in [-0.4, -0.2) is 33.5 Å². The summed E-state index contributed by atoms with van der Waals surface area (Å²) in [6, 6.07) is 1.39. The summed E-state index contributed by atoms with van der Waals surface area (Å²) >= 11 is 0. The number of rotatable bonds is 6. The van der Waals surface area contributed by atoms with Gasteiger partial charge in [0, 0.05) is 25.2 Å². The van der Waals surface area contributed by atoms with Gasteiger partial charge in [0.25, 0.3) is 0 Å². The largest absolute Gasteiger partial charge is 0.369 e. The van der Waals surface area contributed by atoms with Crippen molar-refractivity contribution in [1.82, 2.24) is 14.9 Å². The Morgan fingerprint density at radius 2 is 2.11 bits per heavy atom. The van der Waals surface area contributed by atoms with Gasteiger partial charge in [0.05, 0.1) is 18.1 Å². The van der Waals surface area contributed by atoms with Crippen LogP contribution >= 0.6 is 0 Å². The van der Waals surface area contributed by atoms with Crippen LogP contribution in [0.5, 0.6) is 0 Å². The molecule has 19 heavy (non-hydrogen) atoms. The molecule has 4 heteroatoms. The first-order valence-electron chi connectivity index (χ1n) is 7.55. The quantitative estimate of drug-likeness (QED) is 0.855. The van der Waals surface area contributed by atoms with E-state index in [1.807, 2.05) is 12.4 Å². The minimum atomic E-state index is 0.671. The molecule has 2 rings (SSSR count). The van der Waals surface area contributed by atoms with Crippen molar-refractivity contribution in [3.05, 3.63) is 18.1 Å². The standard InChI is InChI=1S/C15H26N4/c1-4-8-16-15-10-17-13(9-18-15)11-19-12(3)6-7-14(19)5-2/h9-10,12,14H,4-8,11H2,1-3H3,(H,16,18). The fraction of sp³-hybridized carbons (Fsp3) is 0.733. The summed E-state index contributed by atoms with van der Waals surface area (Å²) in [5.74, 6) is 0.882. The molecule has 2 heterocycles. The molecule has 106 valence electrons. The number of hydrogen-bond acceptors (Lipinski definition) is 4. The van der Waals surface area contributed by atoms with Gasteiger partial charge < -0.3 is 5.32 Å². The van der Waals surface area contributed by atoms with Crippen LogP contribution in [0.15, 0.2) is 12.4 Å². The molecule has 1 aliphatic rings. The Morgan fingerprint density at radius 3 is 2.74 bits per heavy atom. The van der Waals surface area contributed by atoms with E-state index >= 15 is 0 Å². The number of likely N-dealkylation sites (tertiary alicyclic amines) is 1. The van der Waals surface area contributed by atoms with Crippen molar-refractivity contribution >= 4 is 5.82 Å². The van der Waals surface area contributed by atoms with Crippen molar-refractivity contribution in [1.29, 1.82) is 0 Å². The van der Waals surface area contributed by atoms with E-state index in [-0.39, 0.29) is 0 Å².